The van der Waals surface area contributed by atoms with Gasteiger partial charge in [0, 0.05) is 36.1 Å². The summed E-state index contributed by atoms with van der Waals surface area (Å²) in [5.74, 6) is 2.10. The average molecular weight is 312 g/mol. The van der Waals surface area contributed by atoms with E-state index in [9.17, 15) is 0 Å². The molecule has 1 aromatic rings. The standard InChI is InChI=1S/C14H18BrNO2/c1-7-4-9-11(6-16-3)13-10(5-8(2)17-13)12(15)14(9)18-7/h7-8,16H,4-6H2,1-3H3. The molecular formula is C14H18BrNO2. The molecule has 18 heavy (non-hydrogen) atoms. The summed E-state index contributed by atoms with van der Waals surface area (Å²) in [6.45, 7) is 5.06. The van der Waals surface area contributed by atoms with E-state index in [2.05, 4.69) is 35.1 Å². The summed E-state index contributed by atoms with van der Waals surface area (Å²) < 4.78 is 13.1. The summed E-state index contributed by atoms with van der Waals surface area (Å²) in [7, 11) is 1.97. The van der Waals surface area contributed by atoms with E-state index in [1.165, 1.54) is 16.7 Å². The average Bonchev–Trinajstić information content (AvgIpc) is 2.88. The van der Waals surface area contributed by atoms with Gasteiger partial charge in [0.05, 0.1) is 4.47 Å². The first-order valence-electron chi connectivity index (χ1n) is 6.45. The third-order valence-corrected chi connectivity index (χ3v) is 4.46. The Bertz CT molecular complexity index is 462. The molecule has 0 saturated carbocycles. The summed E-state index contributed by atoms with van der Waals surface area (Å²) >= 11 is 3.70. The fourth-order valence-electron chi connectivity index (χ4n) is 2.91. The molecule has 2 heterocycles. The van der Waals surface area contributed by atoms with Gasteiger partial charge in [-0.25, -0.2) is 0 Å². The SMILES string of the molecule is CNCc1c2c(c(Br)c3c1OC(C)C3)OC(C)C2. The van der Waals surface area contributed by atoms with Crippen LogP contribution in [-0.4, -0.2) is 19.3 Å². The van der Waals surface area contributed by atoms with Crippen LogP contribution in [0.2, 0.25) is 0 Å². The molecule has 4 heteroatoms. The molecule has 2 aliphatic rings. The summed E-state index contributed by atoms with van der Waals surface area (Å²) in [4.78, 5) is 0. The minimum atomic E-state index is 0.256. The summed E-state index contributed by atoms with van der Waals surface area (Å²) in [5, 5.41) is 3.24. The first-order chi connectivity index (χ1) is 8.61. The lowest BCUT2D eigenvalue weighted by Gasteiger charge is -2.14. The van der Waals surface area contributed by atoms with Crippen molar-refractivity contribution in [2.75, 3.05) is 7.05 Å². The van der Waals surface area contributed by atoms with Crippen LogP contribution in [0.15, 0.2) is 4.47 Å². The van der Waals surface area contributed by atoms with Gasteiger partial charge < -0.3 is 14.8 Å². The maximum Gasteiger partial charge on any atom is 0.138 e. The van der Waals surface area contributed by atoms with Crippen LogP contribution in [0.3, 0.4) is 0 Å². The second-order valence-corrected chi connectivity index (χ2v) is 6.00. The van der Waals surface area contributed by atoms with Crippen molar-refractivity contribution in [1.29, 1.82) is 0 Å². The number of rotatable bonds is 2. The van der Waals surface area contributed by atoms with Crippen LogP contribution in [0.1, 0.15) is 30.5 Å². The van der Waals surface area contributed by atoms with Crippen molar-refractivity contribution in [3.63, 3.8) is 0 Å². The Balaban J connectivity index is 2.19. The van der Waals surface area contributed by atoms with E-state index in [-0.39, 0.29) is 12.2 Å². The highest BCUT2D eigenvalue weighted by Gasteiger charge is 2.34. The van der Waals surface area contributed by atoms with Crippen LogP contribution in [0, 0.1) is 0 Å². The quantitative estimate of drug-likeness (QED) is 0.911. The highest BCUT2D eigenvalue weighted by Crippen LogP contribution is 2.49. The van der Waals surface area contributed by atoms with E-state index in [0.717, 1.165) is 35.4 Å². The van der Waals surface area contributed by atoms with Gasteiger partial charge in [-0.15, -0.1) is 0 Å². The van der Waals surface area contributed by atoms with Gasteiger partial charge in [0.15, 0.2) is 0 Å². The van der Waals surface area contributed by atoms with Crippen LogP contribution < -0.4 is 14.8 Å². The summed E-state index contributed by atoms with van der Waals surface area (Å²) in [6, 6.07) is 0. The Kier molecular flexibility index (Phi) is 3.02. The van der Waals surface area contributed by atoms with Crippen molar-refractivity contribution in [1.82, 2.24) is 5.32 Å². The molecule has 3 nitrogen and oxygen atoms in total. The maximum absolute atomic E-state index is 6.01. The van der Waals surface area contributed by atoms with Crippen molar-refractivity contribution in [2.45, 2.75) is 45.4 Å². The number of ether oxygens (including phenoxy) is 2. The van der Waals surface area contributed by atoms with Crippen LogP contribution in [-0.2, 0) is 19.4 Å². The first kappa shape index (κ1) is 12.3. The Labute approximate surface area is 116 Å². The van der Waals surface area contributed by atoms with E-state index in [1.807, 2.05) is 7.05 Å². The van der Waals surface area contributed by atoms with Gasteiger partial charge in [-0.2, -0.15) is 0 Å². The first-order valence-corrected chi connectivity index (χ1v) is 7.25. The highest BCUT2D eigenvalue weighted by molar-refractivity contribution is 9.10. The molecule has 3 rings (SSSR count). The van der Waals surface area contributed by atoms with E-state index in [1.54, 1.807) is 0 Å². The zero-order chi connectivity index (χ0) is 12.9. The molecule has 0 saturated heterocycles. The van der Waals surface area contributed by atoms with Crippen molar-refractivity contribution < 1.29 is 9.47 Å². The Hall–Kier alpha value is -0.740. The molecule has 1 aromatic carbocycles. The van der Waals surface area contributed by atoms with Crippen LogP contribution in [0.25, 0.3) is 0 Å². The third-order valence-electron chi connectivity index (χ3n) is 3.63. The molecule has 1 N–H and O–H groups in total. The van der Waals surface area contributed by atoms with Crippen LogP contribution in [0.4, 0.5) is 0 Å². The number of halogens is 1. The van der Waals surface area contributed by atoms with Crippen LogP contribution >= 0.6 is 15.9 Å². The van der Waals surface area contributed by atoms with Crippen LogP contribution in [0.5, 0.6) is 11.5 Å². The fraction of sp³-hybridized carbons (Fsp3) is 0.571. The zero-order valence-corrected chi connectivity index (χ0v) is 12.6. The lowest BCUT2D eigenvalue weighted by atomic mass is 9.98. The molecule has 0 spiro atoms. The zero-order valence-electron chi connectivity index (χ0n) is 11.0. The monoisotopic (exact) mass is 311 g/mol. The van der Waals surface area contributed by atoms with E-state index in [0.29, 0.717) is 0 Å². The molecule has 2 atom stereocenters. The van der Waals surface area contributed by atoms with E-state index >= 15 is 0 Å². The predicted molar refractivity (Wildman–Crippen MR) is 74.5 cm³/mol. The van der Waals surface area contributed by atoms with Gasteiger partial charge in [0.1, 0.15) is 23.7 Å². The molecular weight excluding hydrogens is 294 g/mol. The lowest BCUT2D eigenvalue weighted by Crippen LogP contribution is -2.11. The second kappa shape index (κ2) is 4.42. The molecule has 0 fully saturated rings. The third kappa shape index (κ3) is 1.74. The smallest absolute Gasteiger partial charge is 0.138 e. The normalized spacial score (nSPS) is 24.4. The minimum Gasteiger partial charge on any atom is -0.490 e. The number of hydrogen-bond acceptors (Lipinski definition) is 3. The molecule has 2 unspecified atom stereocenters. The number of hydrogen-bond donors (Lipinski definition) is 1. The van der Waals surface area contributed by atoms with Crippen molar-refractivity contribution in [3.05, 3.63) is 21.2 Å². The van der Waals surface area contributed by atoms with Gasteiger partial charge in [-0.1, -0.05) is 0 Å². The molecule has 98 valence electrons. The summed E-state index contributed by atoms with van der Waals surface area (Å²) in [5.41, 5.74) is 3.84. The molecule has 0 amide bonds. The molecule has 0 aliphatic carbocycles. The number of nitrogens with one attached hydrogen (secondary N) is 1. The number of fused-ring (bicyclic) bond motifs is 2. The molecule has 2 aliphatic heterocycles. The van der Waals surface area contributed by atoms with Crippen molar-refractivity contribution >= 4 is 15.9 Å². The molecule has 0 aromatic heterocycles. The second-order valence-electron chi connectivity index (χ2n) is 5.20. The van der Waals surface area contributed by atoms with Gasteiger partial charge in [0.25, 0.3) is 0 Å². The van der Waals surface area contributed by atoms with Gasteiger partial charge in [-0.05, 0) is 36.8 Å². The highest BCUT2D eigenvalue weighted by atomic mass is 79.9. The minimum absolute atomic E-state index is 0.256. The Morgan fingerprint density at radius 1 is 1.11 bits per heavy atom. The molecule has 0 bridgehead atoms. The van der Waals surface area contributed by atoms with Crippen molar-refractivity contribution in [3.8, 4) is 11.5 Å². The van der Waals surface area contributed by atoms with Crippen molar-refractivity contribution in [2.24, 2.45) is 0 Å². The Morgan fingerprint density at radius 3 is 2.39 bits per heavy atom. The Morgan fingerprint density at radius 2 is 1.72 bits per heavy atom. The predicted octanol–water partition coefficient (Wildman–Crippen LogP) is 2.82. The largest absolute Gasteiger partial charge is 0.490 e. The lowest BCUT2D eigenvalue weighted by molar-refractivity contribution is 0.251. The van der Waals surface area contributed by atoms with Gasteiger partial charge >= 0.3 is 0 Å². The van der Waals surface area contributed by atoms with E-state index in [4.69, 9.17) is 9.47 Å². The topological polar surface area (TPSA) is 30.5 Å². The number of benzene rings is 1. The van der Waals surface area contributed by atoms with Gasteiger partial charge in [0.2, 0.25) is 0 Å². The summed E-state index contributed by atoms with van der Waals surface area (Å²) in [6.07, 6.45) is 2.44. The fourth-order valence-corrected chi connectivity index (χ4v) is 3.59. The van der Waals surface area contributed by atoms with Gasteiger partial charge in [-0.3, -0.25) is 0 Å². The maximum atomic E-state index is 6.01. The molecule has 0 radical (unpaired) electrons. The van der Waals surface area contributed by atoms with E-state index < -0.39 is 0 Å².